The Labute approximate surface area is 234 Å². The summed E-state index contributed by atoms with van der Waals surface area (Å²) in [7, 11) is -3.23. The molecule has 2 saturated heterocycles. The topological polar surface area (TPSA) is 86.8 Å². The van der Waals surface area contributed by atoms with Gasteiger partial charge in [-0.3, -0.25) is 9.59 Å². The lowest BCUT2D eigenvalue weighted by molar-refractivity contribution is -0.138. The number of amides is 2. The van der Waals surface area contributed by atoms with Gasteiger partial charge in [0, 0.05) is 31.3 Å². The summed E-state index contributed by atoms with van der Waals surface area (Å²) in [5.74, 6) is 0.171. The minimum Gasteiger partial charge on any atom is -0.345 e. The van der Waals surface area contributed by atoms with Gasteiger partial charge >= 0.3 is 0 Å². The van der Waals surface area contributed by atoms with Gasteiger partial charge in [0.1, 0.15) is 0 Å². The van der Waals surface area contributed by atoms with E-state index in [2.05, 4.69) is 22.3 Å². The van der Waals surface area contributed by atoms with Gasteiger partial charge in [-0.1, -0.05) is 42.5 Å². The fourth-order valence-electron chi connectivity index (χ4n) is 5.73. The van der Waals surface area contributed by atoms with E-state index in [9.17, 15) is 18.0 Å². The second-order valence-corrected chi connectivity index (χ2v) is 13.5. The quantitative estimate of drug-likeness (QED) is 0.412. The van der Waals surface area contributed by atoms with E-state index < -0.39 is 9.84 Å². The van der Waals surface area contributed by atoms with Gasteiger partial charge in [-0.2, -0.15) is 11.3 Å². The molecule has 9 heteroatoms. The van der Waals surface area contributed by atoms with Gasteiger partial charge < -0.3 is 15.1 Å². The molecule has 206 valence electrons. The second kappa shape index (κ2) is 11.6. The van der Waals surface area contributed by atoms with Gasteiger partial charge in [0.2, 0.25) is 5.91 Å². The van der Waals surface area contributed by atoms with Crippen LogP contribution in [0.2, 0.25) is 0 Å². The molecule has 1 atom stereocenters. The summed E-state index contributed by atoms with van der Waals surface area (Å²) < 4.78 is 23.5. The average Bonchev–Trinajstić information content (AvgIpc) is 3.58. The minimum atomic E-state index is -3.23. The Morgan fingerprint density at radius 2 is 1.69 bits per heavy atom. The van der Waals surface area contributed by atoms with Gasteiger partial charge in [-0.05, 0) is 73.5 Å². The van der Waals surface area contributed by atoms with Crippen molar-refractivity contribution in [3.63, 3.8) is 0 Å². The van der Waals surface area contributed by atoms with Gasteiger partial charge in [0.25, 0.3) is 5.91 Å². The third kappa shape index (κ3) is 6.42. The summed E-state index contributed by atoms with van der Waals surface area (Å²) >= 11 is 1.52. The molecule has 2 aromatic carbocycles. The number of thiophene rings is 1. The maximum Gasteiger partial charge on any atom is 0.252 e. The van der Waals surface area contributed by atoms with Crippen molar-refractivity contribution >= 4 is 33.0 Å². The number of benzene rings is 2. The molecule has 3 aromatic rings. The van der Waals surface area contributed by atoms with E-state index in [-0.39, 0.29) is 23.3 Å². The molecule has 2 amide bonds. The first-order valence-electron chi connectivity index (χ1n) is 13.4. The first-order chi connectivity index (χ1) is 18.7. The highest BCUT2D eigenvalue weighted by Gasteiger charge is 2.47. The molecule has 1 spiro atoms. The standard InChI is InChI=1S/C30H35N3O4S2/c1-39(36,37)26-9-7-23(8-10-26)21-33-19-15-30(29(33)35)13-17-32(18-14-30)16-11-27(24-5-3-2-4-6-24)31-28(34)25-12-20-38-22-25/h2-10,12,20,22,27H,11,13-19,21H2,1H3,(H,31,34)/t27-/m0/s1. The molecule has 0 radical (unpaired) electrons. The van der Waals surface area contributed by atoms with Crippen LogP contribution in [0.1, 0.15) is 53.2 Å². The fraction of sp³-hybridized carbons (Fsp3) is 0.400. The average molecular weight is 566 g/mol. The molecule has 0 aliphatic carbocycles. The number of hydrogen-bond acceptors (Lipinski definition) is 6. The van der Waals surface area contributed by atoms with Crippen LogP contribution in [0.4, 0.5) is 0 Å². The Morgan fingerprint density at radius 1 is 1.00 bits per heavy atom. The van der Waals surface area contributed by atoms with E-state index in [0.717, 1.165) is 63.0 Å². The molecule has 0 bridgehead atoms. The highest BCUT2D eigenvalue weighted by Crippen LogP contribution is 2.42. The highest BCUT2D eigenvalue weighted by molar-refractivity contribution is 7.90. The summed E-state index contributed by atoms with van der Waals surface area (Å²) in [5, 5.41) is 7.00. The molecule has 5 rings (SSSR count). The molecule has 1 aromatic heterocycles. The fourth-order valence-corrected chi connectivity index (χ4v) is 7.00. The summed E-state index contributed by atoms with van der Waals surface area (Å²) in [5.41, 5.74) is 2.44. The van der Waals surface area contributed by atoms with Gasteiger partial charge in [0.15, 0.2) is 9.84 Å². The minimum absolute atomic E-state index is 0.0506. The van der Waals surface area contributed by atoms with Crippen LogP contribution in [-0.2, 0) is 21.2 Å². The number of carbonyl (C=O) groups is 2. The lowest BCUT2D eigenvalue weighted by Crippen LogP contribution is -2.45. The zero-order chi connectivity index (χ0) is 27.5. The SMILES string of the molecule is CS(=O)(=O)c1ccc(CN2CCC3(CCN(CC[C@H](NC(=O)c4ccsc4)c4ccccc4)CC3)C2=O)cc1. The predicted octanol–water partition coefficient (Wildman–Crippen LogP) is 4.53. The third-order valence-electron chi connectivity index (χ3n) is 8.16. The van der Waals surface area contributed by atoms with E-state index in [1.807, 2.05) is 39.9 Å². The van der Waals surface area contributed by atoms with Crippen LogP contribution in [0, 0.1) is 5.41 Å². The molecule has 0 saturated carbocycles. The number of likely N-dealkylation sites (tertiary alicyclic amines) is 2. The van der Waals surface area contributed by atoms with E-state index in [1.54, 1.807) is 24.3 Å². The summed E-state index contributed by atoms with van der Waals surface area (Å²) in [6, 6.07) is 18.7. The lowest BCUT2D eigenvalue weighted by Gasteiger charge is -2.38. The van der Waals surface area contributed by atoms with Crippen molar-refractivity contribution in [1.29, 1.82) is 0 Å². The molecule has 2 fully saturated rings. The summed E-state index contributed by atoms with van der Waals surface area (Å²) in [6.07, 6.45) is 4.55. The van der Waals surface area contributed by atoms with Crippen molar-refractivity contribution in [3.8, 4) is 0 Å². The first kappa shape index (κ1) is 27.6. The van der Waals surface area contributed by atoms with Crippen LogP contribution in [0.3, 0.4) is 0 Å². The van der Waals surface area contributed by atoms with Crippen molar-refractivity contribution in [2.45, 2.75) is 43.2 Å². The van der Waals surface area contributed by atoms with Crippen LogP contribution < -0.4 is 5.32 Å². The van der Waals surface area contributed by atoms with E-state index in [1.165, 1.54) is 17.6 Å². The molecule has 3 heterocycles. The Kier molecular flexibility index (Phi) is 8.21. The molecule has 1 N–H and O–H groups in total. The number of nitrogens with zero attached hydrogens (tertiary/aromatic N) is 2. The number of sulfone groups is 1. The Balaban J connectivity index is 1.15. The van der Waals surface area contributed by atoms with Crippen molar-refractivity contribution in [2.75, 3.05) is 32.4 Å². The van der Waals surface area contributed by atoms with Crippen molar-refractivity contribution in [3.05, 3.63) is 88.1 Å². The molecule has 0 unspecified atom stereocenters. The van der Waals surface area contributed by atoms with Gasteiger partial charge in [0.05, 0.1) is 21.9 Å². The van der Waals surface area contributed by atoms with Crippen molar-refractivity contribution < 1.29 is 18.0 Å². The van der Waals surface area contributed by atoms with Gasteiger partial charge in [-0.15, -0.1) is 0 Å². The van der Waals surface area contributed by atoms with Crippen LogP contribution in [-0.4, -0.2) is 62.5 Å². The largest absolute Gasteiger partial charge is 0.345 e. The molecule has 2 aliphatic rings. The predicted molar refractivity (Wildman–Crippen MR) is 153 cm³/mol. The van der Waals surface area contributed by atoms with Crippen LogP contribution in [0.15, 0.2) is 76.3 Å². The monoisotopic (exact) mass is 565 g/mol. The van der Waals surface area contributed by atoms with Crippen LogP contribution in [0.25, 0.3) is 0 Å². The number of nitrogens with one attached hydrogen (secondary N) is 1. The first-order valence-corrected chi connectivity index (χ1v) is 16.3. The van der Waals surface area contributed by atoms with E-state index in [4.69, 9.17) is 0 Å². The summed E-state index contributed by atoms with van der Waals surface area (Å²) in [6.45, 7) is 3.82. The maximum absolute atomic E-state index is 13.5. The normalized spacial score (nSPS) is 18.4. The zero-order valence-corrected chi connectivity index (χ0v) is 23.8. The Bertz CT molecular complexity index is 1380. The molecule has 7 nitrogen and oxygen atoms in total. The molecular weight excluding hydrogens is 530 g/mol. The molecular formula is C30H35N3O4S2. The maximum atomic E-state index is 13.5. The Hall–Kier alpha value is -3.01. The van der Waals surface area contributed by atoms with Crippen LogP contribution in [0.5, 0.6) is 0 Å². The second-order valence-electron chi connectivity index (χ2n) is 10.8. The number of rotatable bonds is 9. The number of hydrogen-bond donors (Lipinski definition) is 1. The van der Waals surface area contributed by atoms with Crippen molar-refractivity contribution in [1.82, 2.24) is 15.1 Å². The van der Waals surface area contributed by atoms with E-state index >= 15 is 0 Å². The third-order valence-corrected chi connectivity index (χ3v) is 9.98. The highest BCUT2D eigenvalue weighted by atomic mass is 32.2. The molecule has 2 aliphatic heterocycles. The number of carbonyl (C=O) groups excluding carboxylic acids is 2. The zero-order valence-electron chi connectivity index (χ0n) is 22.2. The van der Waals surface area contributed by atoms with Crippen LogP contribution >= 0.6 is 11.3 Å². The number of piperidine rings is 1. The molecule has 39 heavy (non-hydrogen) atoms. The van der Waals surface area contributed by atoms with Crippen molar-refractivity contribution in [2.24, 2.45) is 5.41 Å². The van der Waals surface area contributed by atoms with Gasteiger partial charge in [-0.25, -0.2) is 8.42 Å². The lowest BCUT2D eigenvalue weighted by atomic mass is 9.77. The summed E-state index contributed by atoms with van der Waals surface area (Å²) in [4.78, 5) is 30.9. The van der Waals surface area contributed by atoms with E-state index in [0.29, 0.717) is 17.0 Å². The Morgan fingerprint density at radius 3 is 2.33 bits per heavy atom. The smallest absolute Gasteiger partial charge is 0.252 e.